The van der Waals surface area contributed by atoms with Crippen molar-refractivity contribution in [2.45, 2.75) is 77.5 Å². The highest BCUT2D eigenvalue weighted by Crippen LogP contribution is 2.50. The van der Waals surface area contributed by atoms with E-state index in [1.165, 1.54) is 26.4 Å². The van der Waals surface area contributed by atoms with Crippen LogP contribution in [0.1, 0.15) is 116 Å². The number of hydrogen-bond acceptors (Lipinski definition) is 15. The molecule has 0 radical (unpaired) electrons. The fraction of sp³-hybridized carbons (Fsp3) is 0.294. The zero-order valence-electron chi connectivity index (χ0n) is 47.8. The van der Waals surface area contributed by atoms with Crippen LogP contribution >= 0.6 is 0 Å². The van der Waals surface area contributed by atoms with Crippen molar-refractivity contribution >= 4 is 55.4 Å². The lowest BCUT2D eigenvalue weighted by atomic mass is 9.88. The van der Waals surface area contributed by atoms with Crippen LogP contribution < -0.4 is 14.2 Å². The van der Waals surface area contributed by atoms with Crippen molar-refractivity contribution in [1.29, 1.82) is 0 Å². The van der Waals surface area contributed by atoms with Crippen molar-refractivity contribution in [3.63, 3.8) is 0 Å². The zero-order valence-corrected chi connectivity index (χ0v) is 47.8. The quantitative estimate of drug-likeness (QED) is 0.0872. The van der Waals surface area contributed by atoms with Crippen LogP contribution in [-0.4, -0.2) is 96.0 Å². The average molecular weight is 1140 g/mol. The molecule has 0 spiro atoms. The first kappa shape index (κ1) is 56.9. The fourth-order valence-corrected chi connectivity index (χ4v) is 12.2. The molecule has 2 N–H and O–H groups in total. The maximum Gasteiger partial charge on any atom is 0.342 e. The molecule has 2 fully saturated rings. The Bertz CT molecular complexity index is 4000. The van der Waals surface area contributed by atoms with Gasteiger partial charge in [-0.1, -0.05) is 37.1 Å². The number of piperidine rings is 2. The Labute approximate surface area is 486 Å². The number of benzene rings is 6. The largest absolute Gasteiger partial charge is 0.507 e. The van der Waals surface area contributed by atoms with Crippen LogP contribution in [0.5, 0.6) is 28.7 Å². The van der Waals surface area contributed by atoms with Crippen LogP contribution in [0.2, 0.25) is 0 Å². The van der Waals surface area contributed by atoms with E-state index in [0.29, 0.717) is 102 Å². The highest BCUT2D eigenvalue weighted by molar-refractivity contribution is 6.18. The minimum absolute atomic E-state index is 0.0718. The van der Waals surface area contributed by atoms with Crippen LogP contribution in [-0.2, 0) is 22.5 Å². The van der Waals surface area contributed by atoms with E-state index in [-0.39, 0.29) is 41.6 Å². The molecule has 12 rings (SSSR count). The summed E-state index contributed by atoms with van der Waals surface area (Å²) in [6, 6.07) is 32.3. The maximum atomic E-state index is 13.7. The second kappa shape index (κ2) is 25.2. The summed E-state index contributed by atoms with van der Waals surface area (Å²) in [5.41, 5.74) is 6.59. The number of phenolic OH excluding ortho intramolecular Hbond substituents is 2. The number of carbonyl (C=O) groups excluding carboxylic acids is 2. The molecule has 0 saturated carbocycles. The first-order chi connectivity index (χ1) is 41.0. The Balaban J connectivity index is 0.000000176. The Hall–Kier alpha value is -8.99. The van der Waals surface area contributed by atoms with Crippen LogP contribution in [0.15, 0.2) is 143 Å². The van der Waals surface area contributed by atoms with Crippen LogP contribution in [0.3, 0.4) is 0 Å². The molecule has 0 amide bonds. The summed E-state index contributed by atoms with van der Waals surface area (Å²) in [6.45, 7) is 7.55. The van der Waals surface area contributed by atoms with Gasteiger partial charge in [-0.05, 0) is 173 Å². The van der Waals surface area contributed by atoms with Gasteiger partial charge >= 0.3 is 11.9 Å². The van der Waals surface area contributed by atoms with Gasteiger partial charge in [-0.15, -0.1) is 0 Å². The van der Waals surface area contributed by atoms with Gasteiger partial charge < -0.3 is 42.7 Å². The number of hydrogen-bond donors (Lipinski definition) is 2. The number of likely N-dealkylation sites (tertiary alicyclic amines) is 2. The third kappa shape index (κ3) is 11.4. The zero-order chi connectivity index (χ0) is 58.4. The van der Waals surface area contributed by atoms with E-state index in [4.69, 9.17) is 32.5 Å². The monoisotopic (exact) mass is 1130 g/mol. The SMILES string of the molecule is COC(=O)c1c(C)oc2c1c(C(c1ccncc1)N1CCCCC1)c(O)c1ccc(OCCc3cccc(OC)c3)cc12.COC(=O)c1c(C)oc2c1c(C(c1ccncc1)N1CCCCC1)c(O)c1ccc(OCc3cccc(F)c3)cc12. The summed E-state index contributed by atoms with van der Waals surface area (Å²) in [5.74, 6) is 1.62. The summed E-state index contributed by atoms with van der Waals surface area (Å²) in [4.78, 5) is 39.5. The number of aromatic hydroxyl groups is 2. The number of nitrogens with zero attached hydrogens (tertiary/aromatic N) is 4. The molecule has 6 heterocycles. The predicted molar refractivity (Wildman–Crippen MR) is 319 cm³/mol. The molecule has 2 aliphatic heterocycles. The number of aryl methyl sites for hydroxylation is 2. The van der Waals surface area contributed by atoms with Crippen LogP contribution in [0.25, 0.3) is 43.5 Å². The molecular formula is C68H67FN4O11. The number of furan rings is 2. The van der Waals surface area contributed by atoms with Crippen molar-refractivity contribution < 1.29 is 56.7 Å². The number of fused-ring (bicyclic) bond motifs is 6. The van der Waals surface area contributed by atoms with Gasteiger partial charge in [0.25, 0.3) is 0 Å². The number of phenols is 2. The molecule has 2 saturated heterocycles. The van der Waals surface area contributed by atoms with Gasteiger partial charge in [-0.25, -0.2) is 14.0 Å². The Kier molecular flexibility index (Phi) is 17.1. The molecule has 10 aromatic rings. The summed E-state index contributed by atoms with van der Waals surface area (Å²) in [6.07, 6.45) is 14.2. The number of rotatable bonds is 16. The summed E-state index contributed by atoms with van der Waals surface area (Å²) in [5, 5.41) is 27.6. The number of pyridine rings is 2. The van der Waals surface area contributed by atoms with E-state index in [1.54, 1.807) is 76.1 Å². The lowest BCUT2D eigenvalue weighted by Gasteiger charge is -2.36. The molecule has 6 aromatic carbocycles. The molecule has 84 heavy (non-hydrogen) atoms. The summed E-state index contributed by atoms with van der Waals surface area (Å²) < 4.78 is 54.2. The lowest BCUT2D eigenvalue weighted by molar-refractivity contribution is 0.0591. The Morgan fingerprint density at radius 3 is 1.51 bits per heavy atom. The molecule has 0 aliphatic carbocycles. The van der Waals surface area contributed by atoms with Gasteiger partial charge in [-0.3, -0.25) is 19.8 Å². The second-order valence-electron chi connectivity index (χ2n) is 21.3. The first-order valence-electron chi connectivity index (χ1n) is 28.5. The van der Waals surface area contributed by atoms with Gasteiger partial charge in [0.2, 0.25) is 0 Å². The number of ether oxygens (including phenoxy) is 5. The van der Waals surface area contributed by atoms with Gasteiger partial charge in [0.15, 0.2) is 0 Å². The number of methoxy groups -OCH3 is 3. The fourth-order valence-electron chi connectivity index (χ4n) is 12.2. The number of aromatic nitrogens is 2. The minimum Gasteiger partial charge on any atom is -0.507 e. The first-order valence-corrected chi connectivity index (χ1v) is 28.5. The van der Waals surface area contributed by atoms with Gasteiger partial charge in [0, 0.05) is 74.7 Å². The molecule has 2 aliphatic rings. The van der Waals surface area contributed by atoms with Gasteiger partial charge in [0.1, 0.15) is 75.0 Å². The topological polar surface area (TPSA) is 179 Å². The van der Waals surface area contributed by atoms with Gasteiger partial charge in [0.05, 0.1) is 40.0 Å². The van der Waals surface area contributed by atoms with Crippen molar-refractivity contribution in [2.24, 2.45) is 0 Å². The predicted octanol–water partition coefficient (Wildman–Crippen LogP) is 14.1. The Morgan fingerprint density at radius 2 is 1.04 bits per heavy atom. The molecule has 2 unspecified atom stereocenters. The summed E-state index contributed by atoms with van der Waals surface area (Å²) in [7, 11) is 4.35. The minimum atomic E-state index is -0.535. The molecule has 432 valence electrons. The average Bonchev–Trinajstić information content (AvgIpc) is 1.77. The summed E-state index contributed by atoms with van der Waals surface area (Å²) >= 11 is 0. The van der Waals surface area contributed by atoms with Crippen molar-refractivity contribution in [3.8, 4) is 28.7 Å². The third-order valence-electron chi connectivity index (χ3n) is 16.2. The van der Waals surface area contributed by atoms with E-state index in [1.807, 2.05) is 66.7 Å². The molecular weight excluding hydrogens is 1070 g/mol. The van der Waals surface area contributed by atoms with E-state index >= 15 is 0 Å². The molecule has 0 bridgehead atoms. The molecule has 4 aromatic heterocycles. The second-order valence-corrected chi connectivity index (χ2v) is 21.3. The van der Waals surface area contributed by atoms with E-state index in [9.17, 15) is 24.2 Å². The number of carbonyl (C=O) groups is 2. The maximum absolute atomic E-state index is 13.7. The van der Waals surface area contributed by atoms with Crippen LogP contribution in [0.4, 0.5) is 4.39 Å². The molecule has 16 heteroatoms. The van der Waals surface area contributed by atoms with E-state index in [0.717, 1.165) is 87.1 Å². The smallest absolute Gasteiger partial charge is 0.342 e. The molecule has 2 atom stereocenters. The van der Waals surface area contributed by atoms with Crippen molar-refractivity contribution in [1.82, 2.24) is 19.8 Å². The number of halogens is 1. The molecule has 15 nitrogen and oxygen atoms in total. The standard InChI is InChI=1S/C35H36N2O6.C33H31FN2O5/c1-22-29(35(39)41-3)30-31(32(24-12-15-36-16-13-24)37-17-5-4-6-18-37)33(38)27-11-10-26(21-28(27)34(30)43-22)42-19-14-23-8-7-9-25(20-23)40-2;1-20-27(33(38)39-2)28-29(30(22-11-13-35-14-12-22)36-15-4-3-5-16-36)31(37)25-10-9-24(18-26(25)32(28)41-20)40-19-21-7-6-8-23(34)17-21/h7-13,15-16,20-21,32,38H,4-6,14,17-19H2,1-3H3;6-14,17-18,30,37H,3-5,15-16,19H2,1-2H3. The highest BCUT2D eigenvalue weighted by Gasteiger charge is 2.36. The van der Waals surface area contributed by atoms with Crippen molar-refractivity contribution in [2.75, 3.05) is 54.1 Å². The van der Waals surface area contributed by atoms with E-state index < -0.39 is 11.9 Å². The lowest BCUT2D eigenvalue weighted by Crippen LogP contribution is -2.34. The van der Waals surface area contributed by atoms with Crippen LogP contribution in [0, 0.1) is 19.7 Å². The van der Waals surface area contributed by atoms with E-state index in [2.05, 4.69) is 19.8 Å². The Morgan fingerprint density at radius 1 is 0.560 bits per heavy atom. The highest BCUT2D eigenvalue weighted by atomic mass is 19.1. The third-order valence-corrected chi connectivity index (χ3v) is 16.2. The normalized spacial score (nSPS) is 14.7. The number of esters is 2. The van der Waals surface area contributed by atoms with Crippen molar-refractivity contribution in [3.05, 3.63) is 196 Å². The van der Waals surface area contributed by atoms with Gasteiger partial charge in [-0.2, -0.15) is 0 Å².